The molecule has 0 amide bonds. The lowest BCUT2D eigenvalue weighted by Gasteiger charge is -2.00. The lowest BCUT2D eigenvalue weighted by molar-refractivity contribution is 5.59. The van der Waals surface area contributed by atoms with E-state index < -0.39 is 0 Å². The van der Waals surface area contributed by atoms with E-state index in [2.05, 4.69) is 0 Å². The van der Waals surface area contributed by atoms with Crippen LogP contribution >= 0.6 is 59.0 Å². The molecule has 0 saturated carbocycles. The molecular formula is S6. The molecule has 0 aliphatic carbocycles. The highest BCUT2D eigenvalue weighted by molar-refractivity contribution is 9.59. The molecule has 0 aromatic rings. The monoisotopic (exact) mass is 192 g/mol. The van der Waals surface area contributed by atoms with Gasteiger partial charge in [-0.3, -0.25) is 0 Å². The van der Waals surface area contributed by atoms with E-state index in [1.807, 2.05) is 59.0 Å². The molecule has 0 bridgehead atoms. The number of rotatable bonds is 0. The summed E-state index contributed by atoms with van der Waals surface area (Å²) in [6, 6.07) is 0. The molecule has 0 nitrogen and oxygen atoms in total. The van der Waals surface area contributed by atoms with Crippen LogP contribution in [0.25, 0.3) is 0 Å². The second-order valence-corrected chi connectivity index (χ2v) is 11.0. The first-order valence-corrected chi connectivity index (χ1v) is 9.00. The predicted molar refractivity (Wildman–Crippen MR) is 45.5 cm³/mol. The van der Waals surface area contributed by atoms with Crippen molar-refractivity contribution >= 4 is 59.0 Å². The predicted octanol–water partition coefficient (Wildman–Crippen LogP) is 3.89. The van der Waals surface area contributed by atoms with Gasteiger partial charge in [0.15, 0.2) is 0 Å². The van der Waals surface area contributed by atoms with Crippen LogP contribution in [0.5, 0.6) is 0 Å². The molecule has 36 valence electrons. The molecule has 0 atom stereocenters. The van der Waals surface area contributed by atoms with Crippen molar-refractivity contribution in [3.8, 4) is 0 Å². The Morgan fingerprint density at radius 2 is 0.500 bits per heavy atom. The van der Waals surface area contributed by atoms with E-state index >= 15 is 0 Å². The summed E-state index contributed by atoms with van der Waals surface area (Å²) in [4.78, 5) is 0. The minimum absolute atomic E-state index is 1.83. The highest BCUT2D eigenvalue weighted by atomic mass is 34.1. The van der Waals surface area contributed by atoms with Crippen molar-refractivity contribution in [2.75, 3.05) is 0 Å². The Balaban J connectivity index is 2.00. The third kappa shape index (κ3) is 2.42. The normalized spacial score (nSPS) is 24.0. The van der Waals surface area contributed by atoms with Gasteiger partial charge in [-0.05, 0) is 0 Å². The first-order valence-electron chi connectivity index (χ1n) is 1.00. The van der Waals surface area contributed by atoms with Crippen molar-refractivity contribution in [3.05, 3.63) is 0 Å². The molecule has 1 aliphatic rings. The highest BCUT2D eigenvalue weighted by Gasteiger charge is 2.00. The number of hydrogen-bond acceptors (Lipinski definition) is 6. The van der Waals surface area contributed by atoms with Crippen LogP contribution in [0.15, 0.2) is 0 Å². The van der Waals surface area contributed by atoms with Crippen LogP contribution < -0.4 is 0 Å². The Labute approximate surface area is 58.5 Å². The quantitative estimate of drug-likeness (QED) is 0.530. The zero-order chi connectivity index (χ0) is 4.24. The molecule has 0 N–H and O–H groups in total. The fraction of sp³-hybridized carbons (Fsp3) is 0. The minimum atomic E-state index is 1.83. The van der Waals surface area contributed by atoms with Gasteiger partial charge in [0.2, 0.25) is 0 Å². The average Bonchev–Trinajstić information content (AvgIpc) is 1.72. The second-order valence-electron chi connectivity index (χ2n) is 0.408. The third-order valence-electron chi connectivity index (χ3n) is 0.167. The van der Waals surface area contributed by atoms with Gasteiger partial charge < -0.3 is 0 Å². The highest BCUT2D eigenvalue weighted by Crippen LogP contribution is 2.65. The van der Waals surface area contributed by atoms with Crippen molar-refractivity contribution in [2.45, 2.75) is 0 Å². The van der Waals surface area contributed by atoms with Crippen LogP contribution in [0.2, 0.25) is 0 Å². The molecule has 0 aromatic carbocycles. The van der Waals surface area contributed by atoms with Crippen molar-refractivity contribution in [2.24, 2.45) is 0 Å². The van der Waals surface area contributed by atoms with Crippen molar-refractivity contribution in [1.82, 2.24) is 0 Å². The summed E-state index contributed by atoms with van der Waals surface area (Å²) in [6.45, 7) is 0. The SMILES string of the molecule is S1SSSSS1. The van der Waals surface area contributed by atoms with Gasteiger partial charge in [0, 0.05) is 59.0 Å². The molecule has 1 fully saturated rings. The second kappa shape index (κ2) is 4.03. The summed E-state index contributed by atoms with van der Waals surface area (Å²) in [7, 11) is 11.0. The summed E-state index contributed by atoms with van der Waals surface area (Å²) < 4.78 is 0. The summed E-state index contributed by atoms with van der Waals surface area (Å²) >= 11 is 0. The summed E-state index contributed by atoms with van der Waals surface area (Å²) in [6.07, 6.45) is 0. The standard InChI is InChI=1S/S6/c1-2-4-6-5-3-1. The lowest BCUT2D eigenvalue weighted by atomic mass is 30.1. The Morgan fingerprint density at radius 1 is 0.333 bits per heavy atom. The van der Waals surface area contributed by atoms with Gasteiger partial charge in [0.25, 0.3) is 0 Å². The molecule has 1 saturated heterocycles. The first-order chi connectivity index (χ1) is 3.00. The fourth-order valence-electron chi connectivity index (χ4n) is 0.0680. The van der Waals surface area contributed by atoms with Crippen LogP contribution in [0.3, 0.4) is 0 Å². The van der Waals surface area contributed by atoms with Gasteiger partial charge in [-0.25, -0.2) is 0 Å². The van der Waals surface area contributed by atoms with E-state index in [1.54, 1.807) is 0 Å². The van der Waals surface area contributed by atoms with Crippen LogP contribution in [-0.2, 0) is 0 Å². The van der Waals surface area contributed by atoms with Crippen LogP contribution in [0.1, 0.15) is 0 Å². The van der Waals surface area contributed by atoms with Crippen LogP contribution in [-0.4, -0.2) is 0 Å². The van der Waals surface area contributed by atoms with E-state index in [0.29, 0.717) is 0 Å². The Hall–Kier alpha value is 2.10. The first kappa shape index (κ1) is 6.22. The maximum absolute atomic E-state index is 1.83. The van der Waals surface area contributed by atoms with E-state index in [0.717, 1.165) is 0 Å². The zero-order valence-electron chi connectivity index (χ0n) is 2.45. The van der Waals surface area contributed by atoms with E-state index in [9.17, 15) is 0 Å². The maximum atomic E-state index is 1.83. The molecule has 1 rings (SSSR count). The van der Waals surface area contributed by atoms with Gasteiger partial charge in [0.1, 0.15) is 0 Å². The Bertz CT molecular complexity index is 15.5. The van der Waals surface area contributed by atoms with E-state index in [-0.39, 0.29) is 0 Å². The molecule has 6 heteroatoms. The topological polar surface area (TPSA) is 0 Å². The molecule has 6 heavy (non-hydrogen) atoms. The van der Waals surface area contributed by atoms with Gasteiger partial charge in [0.05, 0.1) is 0 Å². The van der Waals surface area contributed by atoms with E-state index in [4.69, 9.17) is 0 Å². The Kier molecular flexibility index (Phi) is 4.18. The third-order valence-corrected chi connectivity index (χ3v) is 13.5. The van der Waals surface area contributed by atoms with Gasteiger partial charge in [-0.15, -0.1) is 0 Å². The van der Waals surface area contributed by atoms with E-state index in [1.165, 1.54) is 0 Å². The molecule has 1 aliphatic heterocycles. The summed E-state index contributed by atoms with van der Waals surface area (Å²) in [5.74, 6) is 0. The summed E-state index contributed by atoms with van der Waals surface area (Å²) in [5, 5.41) is 0. The average molecular weight is 192 g/mol. The zero-order valence-corrected chi connectivity index (χ0v) is 7.35. The van der Waals surface area contributed by atoms with Gasteiger partial charge in [-0.2, -0.15) is 0 Å². The Morgan fingerprint density at radius 3 is 0.667 bits per heavy atom. The molecular weight excluding hydrogens is 192 g/mol. The smallest absolute Gasteiger partial charge is 0 e. The fourth-order valence-corrected chi connectivity index (χ4v) is 16.5. The minimum Gasteiger partial charge on any atom is 0 e. The summed E-state index contributed by atoms with van der Waals surface area (Å²) in [5.41, 5.74) is 0. The lowest BCUT2D eigenvalue weighted by Crippen LogP contribution is -1.35. The molecule has 0 unspecified atom stereocenters. The van der Waals surface area contributed by atoms with Crippen molar-refractivity contribution in [1.29, 1.82) is 0 Å². The molecule has 0 aromatic heterocycles. The number of hydrogen-bond donors (Lipinski definition) is 0. The van der Waals surface area contributed by atoms with Gasteiger partial charge >= 0.3 is 0 Å². The van der Waals surface area contributed by atoms with Crippen molar-refractivity contribution < 1.29 is 0 Å². The van der Waals surface area contributed by atoms with Crippen molar-refractivity contribution in [3.63, 3.8) is 0 Å². The maximum Gasteiger partial charge on any atom is 0 e. The van der Waals surface area contributed by atoms with Crippen LogP contribution in [0.4, 0.5) is 0 Å². The van der Waals surface area contributed by atoms with Gasteiger partial charge in [-0.1, -0.05) is 0 Å². The van der Waals surface area contributed by atoms with Crippen LogP contribution in [0, 0.1) is 0 Å². The molecule has 0 spiro atoms. The molecule has 0 radical (unpaired) electrons. The largest absolute Gasteiger partial charge is 0 e. The molecule has 1 heterocycles.